The molecule has 0 spiro atoms. The van der Waals surface area contributed by atoms with Crippen molar-refractivity contribution in [1.29, 1.82) is 0 Å². The van der Waals surface area contributed by atoms with Gasteiger partial charge < -0.3 is 15.0 Å². The summed E-state index contributed by atoms with van der Waals surface area (Å²) in [7, 11) is 0. The smallest absolute Gasteiger partial charge is 0.0950 e. The molecule has 4 heteroatoms. The SMILES string of the molecule is CCCOCCn1cnc(CN)c1. The first kappa shape index (κ1) is 10.2. The maximum atomic E-state index is 5.43. The molecule has 13 heavy (non-hydrogen) atoms. The maximum absolute atomic E-state index is 5.43. The molecule has 1 heterocycles. The van der Waals surface area contributed by atoms with Gasteiger partial charge in [0.1, 0.15) is 0 Å². The number of nitrogens with zero attached hydrogens (tertiary/aromatic N) is 2. The fraction of sp³-hybridized carbons (Fsp3) is 0.667. The van der Waals surface area contributed by atoms with Crippen molar-refractivity contribution in [3.63, 3.8) is 0 Å². The van der Waals surface area contributed by atoms with Crippen LogP contribution in [0.25, 0.3) is 0 Å². The molecule has 0 aliphatic heterocycles. The minimum atomic E-state index is 0.503. The Bertz CT molecular complexity index is 235. The van der Waals surface area contributed by atoms with Crippen molar-refractivity contribution in [2.45, 2.75) is 26.4 Å². The van der Waals surface area contributed by atoms with Crippen molar-refractivity contribution < 1.29 is 4.74 Å². The third-order valence-electron chi connectivity index (χ3n) is 1.74. The number of hydrogen-bond donors (Lipinski definition) is 1. The summed E-state index contributed by atoms with van der Waals surface area (Å²) in [6.07, 6.45) is 4.81. The van der Waals surface area contributed by atoms with Crippen LogP contribution in [-0.2, 0) is 17.8 Å². The summed E-state index contributed by atoms with van der Waals surface area (Å²) < 4.78 is 7.35. The van der Waals surface area contributed by atoms with Crippen molar-refractivity contribution in [3.05, 3.63) is 18.2 Å². The Hall–Kier alpha value is -0.870. The average Bonchev–Trinajstić information content (AvgIpc) is 2.60. The molecule has 0 bridgehead atoms. The van der Waals surface area contributed by atoms with Crippen LogP contribution in [0.2, 0.25) is 0 Å². The second-order valence-electron chi connectivity index (χ2n) is 2.92. The molecule has 0 aliphatic rings. The molecular weight excluding hydrogens is 166 g/mol. The van der Waals surface area contributed by atoms with Crippen molar-refractivity contribution >= 4 is 0 Å². The van der Waals surface area contributed by atoms with E-state index in [4.69, 9.17) is 10.5 Å². The Kier molecular flexibility index (Phi) is 4.49. The Morgan fingerprint density at radius 1 is 1.54 bits per heavy atom. The molecular formula is C9H17N3O. The molecule has 74 valence electrons. The number of rotatable bonds is 6. The highest BCUT2D eigenvalue weighted by Crippen LogP contribution is 1.94. The van der Waals surface area contributed by atoms with Crippen LogP contribution in [0.15, 0.2) is 12.5 Å². The molecule has 1 aromatic rings. The highest BCUT2D eigenvalue weighted by molar-refractivity contribution is 4.95. The summed E-state index contributed by atoms with van der Waals surface area (Å²) in [5.41, 5.74) is 6.36. The van der Waals surface area contributed by atoms with Crippen LogP contribution in [0, 0.1) is 0 Å². The molecule has 1 aromatic heterocycles. The van der Waals surface area contributed by atoms with E-state index in [1.54, 1.807) is 6.33 Å². The van der Waals surface area contributed by atoms with E-state index in [1.165, 1.54) is 0 Å². The summed E-state index contributed by atoms with van der Waals surface area (Å²) in [6, 6.07) is 0. The number of imidazole rings is 1. The molecule has 0 aromatic carbocycles. The fourth-order valence-corrected chi connectivity index (χ4v) is 1.05. The van der Waals surface area contributed by atoms with Crippen LogP contribution in [0.4, 0.5) is 0 Å². The first-order chi connectivity index (χ1) is 6.36. The molecule has 0 saturated carbocycles. The lowest BCUT2D eigenvalue weighted by molar-refractivity contribution is 0.127. The molecule has 0 saturated heterocycles. The van der Waals surface area contributed by atoms with Gasteiger partial charge >= 0.3 is 0 Å². The van der Waals surface area contributed by atoms with E-state index >= 15 is 0 Å². The van der Waals surface area contributed by atoms with Gasteiger partial charge in [0.05, 0.1) is 18.6 Å². The predicted octanol–water partition coefficient (Wildman–Crippen LogP) is 0.768. The minimum Gasteiger partial charge on any atom is -0.380 e. The van der Waals surface area contributed by atoms with Gasteiger partial charge in [-0.05, 0) is 6.42 Å². The first-order valence-electron chi connectivity index (χ1n) is 4.65. The van der Waals surface area contributed by atoms with Gasteiger partial charge in [-0.1, -0.05) is 6.92 Å². The van der Waals surface area contributed by atoms with Gasteiger partial charge in [-0.3, -0.25) is 0 Å². The third-order valence-corrected chi connectivity index (χ3v) is 1.74. The zero-order valence-electron chi connectivity index (χ0n) is 8.07. The highest BCUT2D eigenvalue weighted by Gasteiger charge is 1.95. The summed E-state index contributed by atoms with van der Waals surface area (Å²) in [4.78, 5) is 4.12. The number of aromatic nitrogens is 2. The minimum absolute atomic E-state index is 0.503. The van der Waals surface area contributed by atoms with Crippen LogP contribution in [-0.4, -0.2) is 22.8 Å². The highest BCUT2D eigenvalue weighted by atomic mass is 16.5. The predicted molar refractivity (Wildman–Crippen MR) is 51.2 cm³/mol. The lowest BCUT2D eigenvalue weighted by Crippen LogP contribution is -2.04. The van der Waals surface area contributed by atoms with Crippen LogP contribution >= 0.6 is 0 Å². The van der Waals surface area contributed by atoms with E-state index < -0.39 is 0 Å². The van der Waals surface area contributed by atoms with Gasteiger partial charge in [0.25, 0.3) is 0 Å². The standard InChI is InChI=1S/C9H17N3O/c1-2-4-13-5-3-12-7-9(6-10)11-8-12/h7-8H,2-6,10H2,1H3. The summed E-state index contributed by atoms with van der Waals surface area (Å²) in [6.45, 7) is 5.03. The quantitative estimate of drug-likeness (QED) is 0.663. The Labute approximate surface area is 78.7 Å². The molecule has 0 unspecified atom stereocenters. The van der Waals surface area contributed by atoms with E-state index in [2.05, 4.69) is 11.9 Å². The Morgan fingerprint density at radius 3 is 3.00 bits per heavy atom. The van der Waals surface area contributed by atoms with Crippen molar-refractivity contribution in [3.8, 4) is 0 Å². The van der Waals surface area contributed by atoms with Gasteiger partial charge in [-0.2, -0.15) is 0 Å². The van der Waals surface area contributed by atoms with Crippen LogP contribution < -0.4 is 5.73 Å². The lowest BCUT2D eigenvalue weighted by atomic mass is 10.5. The molecule has 0 aliphatic carbocycles. The van der Waals surface area contributed by atoms with Gasteiger partial charge in [0, 0.05) is 25.9 Å². The van der Waals surface area contributed by atoms with E-state index in [0.29, 0.717) is 6.54 Å². The van der Waals surface area contributed by atoms with Crippen LogP contribution in [0.3, 0.4) is 0 Å². The van der Waals surface area contributed by atoms with Gasteiger partial charge in [0.15, 0.2) is 0 Å². The normalized spacial score (nSPS) is 10.6. The molecule has 0 fully saturated rings. The van der Waals surface area contributed by atoms with Gasteiger partial charge in [-0.15, -0.1) is 0 Å². The fourth-order valence-electron chi connectivity index (χ4n) is 1.05. The molecule has 0 atom stereocenters. The Balaban J connectivity index is 2.20. The average molecular weight is 183 g/mol. The second kappa shape index (κ2) is 5.72. The second-order valence-corrected chi connectivity index (χ2v) is 2.92. The summed E-state index contributed by atoms with van der Waals surface area (Å²) in [5, 5.41) is 0. The maximum Gasteiger partial charge on any atom is 0.0950 e. The van der Waals surface area contributed by atoms with Crippen LogP contribution in [0.1, 0.15) is 19.0 Å². The molecule has 0 radical (unpaired) electrons. The van der Waals surface area contributed by atoms with E-state index in [0.717, 1.165) is 31.9 Å². The lowest BCUT2D eigenvalue weighted by Gasteiger charge is -2.02. The molecule has 0 amide bonds. The van der Waals surface area contributed by atoms with Gasteiger partial charge in [0.2, 0.25) is 0 Å². The van der Waals surface area contributed by atoms with Crippen molar-refractivity contribution in [2.75, 3.05) is 13.2 Å². The van der Waals surface area contributed by atoms with Gasteiger partial charge in [-0.25, -0.2) is 4.98 Å². The zero-order chi connectivity index (χ0) is 9.52. The molecule has 1 rings (SSSR count). The number of ether oxygens (including phenoxy) is 1. The summed E-state index contributed by atoms with van der Waals surface area (Å²) in [5.74, 6) is 0. The third kappa shape index (κ3) is 3.57. The Morgan fingerprint density at radius 2 is 2.38 bits per heavy atom. The molecule has 2 N–H and O–H groups in total. The topological polar surface area (TPSA) is 53.1 Å². The van der Waals surface area contributed by atoms with E-state index in [-0.39, 0.29) is 0 Å². The van der Waals surface area contributed by atoms with E-state index in [1.807, 2.05) is 10.8 Å². The van der Waals surface area contributed by atoms with Crippen LogP contribution in [0.5, 0.6) is 0 Å². The summed E-state index contributed by atoms with van der Waals surface area (Å²) >= 11 is 0. The number of nitrogens with two attached hydrogens (primary N) is 1. The van der Waals surface area contributed by atoms with Crippen molar-refractivity contribution in [2.24, 2.45) is 5.73 Å². The first-order valence-corrected chi connectivity index (χ1v) is 4.65. The van der Waals surface area contributed by atoms with E-state index in [9.17, 15) is 0 Å². The zero-order valence-corrected chi connectivity index (χ0v) is 8.07. The largest absolute Gasteiger partial charge is 0.380 e. The monoisotopic (exact) mass is 183 g/mol. The van der Waals surface area contributed by atoms with Crippen molar-refractivity contribution in [1.82, 2.24) is 9.55 Å². The molecule has 4 nitrogen and oxygen atoms in total. The number of hydrogen-bond acceptors (Lipinski definition) is 3.